The van der Waals surface area contributed by atoms with Crippen LogP contribution in [0.2, 0.25) is 0 Å². The molecule has 1 heterocycles. The van der Waals surface area contributed by atoms with Crippen molar-refractivity contribution in [1.29, 1.82) is 0 Å². The smallest absolute Gasteiger partial charge is 0.402 e. The van der Waals surface area contributed by atoms with Crippen LogP contribution in [-0.2, 0) is 13.4 Å². The predicted octanol–water partition coefficient (Wildman–Crippen LogP) is 8.98. The maximum Gasteiger partial charge on any atom is 0.537 e. The van der Waals surface area contributed by atoms with E-state index >= 15 is 0 Å². The summed E-state index contributed by atoms with van der Waals surface area (Å²) < 4.78 is 43.0. The van der Waals surface area contributed by atoms with Gasteiger partial charge in [-0.3, -0.25) is 9.79 Å². The van der Waals surface area contributed by atoms with E-state index in [4.69, 9.17) is 13.4 Å². The van der Waals surface area contributed by atoms with Crippen molar-refractivity contribution in [1.82, 2.24) is 0 Å². The van der Waals surface area contributed by atoms with Crippen LogP contribution in [0.15, 0.2) is 121 Å². The first-order chi connectivity index (χ1) is 19.8. The maximum absolute atomic E-state index is 13.3. The van der Waals surface area contributed by atoms with Gasteiger partial charge in [0, 0.05) is 22.3 Å². The highest BCUT2D eigenvalue weighted by Gasteiger charge is 2.42. The van der Waals surface area contributed by atoms with Crippen molar-refractivity contribution in [2.45, 2.75) is 0 Å². The van der Waals surface area contributed by atoms with Gasteiger partial charge in [-0.1, -0.05) is 109 Å². The van der Waals surface area contributed by atoms with Crippen molar-refractivity contribution in [3.05, 3.63) is 121 Å². The average molecular weight is 580 g/mol. The fourth-order valence-electron chi connectivity index (χ4n) is 5.40. The van der Waals surface area contributed by atoms with Crippen molar-refractivity contribution in [3.8, 4) is 44.9 Å². The molecule has 0 radical (unpaired) electrons. The first-order valence-electron chi connectivity index (χ1n) is 12.8. The minimum Gasteiger partial charge on any atom is -0.402 e. The molecule has 0 bridgehead atoms. The molecule has 2 atom stereocenters. The van der Waals surface area contributed by atoms with E-state index < -0.39 is 15.6 Å². The fourth-order valence-corrected chi connectivity index (χ4v) is 7.55. The zero-order valence-electron chi connectivity index (χ0n) is 21.4. The third-order valence-corrected chi connectivity index (χ3v) is 9.52. The van der Waals surface area contributed by atoms with E-state index in [2.05, 4.69) is 0 Å². The van der Waals surface area contributed by atoms with Crippen LogP contribution in [0.5, 0.6) is 11.5 Å². The number of benzene rings is 6. The second-order valence-corrected chi connectivity index (χ2v) is 12.5. The molecule has 9 heteroatoms. The van der Waals surface area contributed by atoms with Crippen LogP contribution < -0.4 is 9.05 Å². The summed E-state index contributed by atoms with van der Waals surface area (Å²) in [7, 11) is -10.4. The van der Waals surface area contributed by atoms with E-state index in [-0.39, 0.29) is 11.5 Å². The Morgan fingerprint density at radius 1 is 0.488 bits per heavy atom. The molecule has 202 valence electrons. The molecule has 0 aromatic heterocycles. The topological polar surface area (TPSA) is 102 Å². The lowest BCUT2D eigenvalue weighted by Crippen LogP contribution is -2.00. The monoisotopic (exact) mass is 580 g/mol. The van der Waals surface area contributed by atoms with Crippen LogP contribution >= 0.6 is 15.6 Å². The number of phosphoric ester groups is 2. The standard InChI is InChI=1S/C32H22O7P2/c33-40(34)37-31-27(21-11-3-1-4-12-21)19-23-15-7-9-17-25(23)29(31)30-26-18-10-8-16-24(26)20-28(22-13-5-2-6-14-22)32(30)38-41(35,36)39-40/h1-20H,(H,33,34)(H,35,36). The van der Waals surface area contributed by atoms with Crippen LogP contribution in [0.25, 0.3) is 54.9 Å². The van der Waals surface area contributed by atoms with E-state index in [9.17, 15) is 18.9 Å². The van der Waals surface area contributed by atoms with Crippen LogP contribution in [0.3, 0.4) is 0 Å². The second-order valence-electron chi connectivity index (χ2n) is 9.63. The molecular weight excluding hydrogens is 558 g/mol. The highest BCUT2D eigenvalue weighted by molar-refractivity contribution is 7.61. The minimum absolute atomic E-state index is 0.0304. The van der Waals surface area contributed by atoms with Gasteiger partial charge in [0.15, 0.2) is 0 Å². The number of fused-ring (bicyclic) bond motifs is 7. The van der Waals surface area contributed by atoms with Crippen LogP contribution in [-0.4, -0.2) is 9.79 Å². The van der Waals surface area contributed by atoms with Crippen LogP contribution in [0.1, 0.15) is 0 Å². The molecule has 0 spiro atoms. The average Bonchev–Trinajstić information content (AvgIpc) is 3.00. The van der Waals surface area contributed by atoms with Gasteiger partial charge in [-0.25, -0.2) is 9.13 Å². The van der Waals surface area contributed by atoms with Crippen molar-refractivity contribution >= 4 is 37.2 Å². The lowest BCUT2D eigenvalue weighted by Gasteiger charge is -2.22. The Hall–Kier alpha value is -4.22. The minimum atomic E-state index is -5.18. The molecule has 0 fully saturated rings. The van der Waals surface area contributed by atoms with Gasteiger partial charge in [-0.15, -0.1) is 0 Å². The first-order valence-corrected chi connectivity index (χ1v) is 15.8. The van der Waals surface area contributed by atoms with Gasteiger partial charge in [-0.2, -0.15) is 4.31 Å². The Morgan fingerprint density at radius 2 is 0.854 bits per heavy atom. The SMILES string of the molecule is O=P1(O)Oc2c(-c3ccccc3)cc3ccccc3c2-c2c(c(-c3ccccc3)cc3ccccc23)OP(=O)(O)O1. The predicted molar refractivity (Wildman–Crippen MR) is 160 cm³/mol. The number of hydrogen-bond donors (Lipinski definition) is 2. The summed E-state index contributed by atoms with van der Waals surface area (Å²) in [4.78, 5) is 21.6. The van der Waals surface area contributed by atoms with Crippen molar-refractivity contribution in [3.63, 3.8) is 0 Å². The molecular formula is C32H22O7P2. The molecule has 1 aliphatic heterocycles. The Kier molecular flexibility index (Phi) is 6.09. The van der Waals surface area contributed by atoms with Crippen LogP contribution in [0.4, 0.5) is 0 Å². The molecule has 2 unspecified atom stereocenters. The molecule has 7 rings (SSSR count). The third-order valence-electron chi connectivity index (χ3n) is 7.04. The molecule has 41 heavy (non-hydrogen) atoms. The van der Waals surface area contributed by atoms with Gasteiger partial charge >= 0.3 is 15.6 Å². The van der Waals surface area contributed by atoms with E-state index in [0.717, 1.165) is 10.8 Å². The van der Waals surface area contributed by atoms with Gasteiger partial charge in [0.1, 0.15) is 11.5 Å². The van der Waals surface area contributed by atoms with E-state index in [0.29, 0.717) is 44.2 Å². The lowest BCUT2D eigenvalue weighted by molar-refractivity contribution is 0.236. The zero-order valence-corrected chi connectivity index (χ0v) is 23.2. The molecule has 0 amide bonds. The summed E-state index contributed by atoms with van der Waals surface area (Å²) >= 11 is 0. The Bertz CT molecular complexity index is 1910. The molecule has 7 nitrogen and oxygen atoms in total. The summed E-state index contributed by atoms with van der Waals surface area (Å²) in [6.07, 6.45) is 0. The lowest BCUT2D eigenvalue weighted by atomic mass is 9.86. The zero-order chi connectivity index (χ0) is 28.2. The Morgan fingerprint density at radius 3 is 1.27 bits per heavy atom. The molecule has 0 saturated carbocycles. The molecule has 0 aliphatic carbocycles. The summed E-state index contributed by atoms with van der Waals surface area (Å²) in [5.41, 5.74) is 3.31. The molecule has 0 saturated heterocycles. The van der Waals surface area contributed by atoms with E-state index in [1.54, 1.807) is 0 Å². The fraction of sp³-hybridized carbons (Fsp3) is 0. The summed E-state index contributed by atoms with van der Waals surface area (Å²) in [6, 6.07) is 37.4. The van der Waals surface area contributed by atoms with Crippen molar-refractivity contribution < 1.29 is 32.3 Å². The number of hydrogen-bond acceptors (Lipinski definition) is 5. The molecule has 6 aromatic rings. The van der Waals surface area contributed by atoms with Gasteiger partial charge in [-0.05, 0) is 44.8 Å². The van der Waals surface area contributed by atoms with E-state index in [1.165, 1.54) is 0 Å². The quantitative estimate of drug-likeness (QED) is 0.197. The van der Waals surface area contributed by atoms with Gasteiger partial charge < -0.3 is 9.05 Å². The molecule has 1 aliphatic rings. The van der Waals surface area contributed by atoms with Crippen LogP contribution in [0, 0.1) is 0 Å². The summed E-state index contributed by atoms with van der Waals surface area (Å²) in [5, 5.41) is 3.04. The van der Waals surface area contributed by atoms with Crippen molar-refractivity contribution in [2.24, 2.45) is 0 Å². The molecule has 2 N–H and O–H groups in total. The molecule has 6 aromatic carbocycles. The number of rotatable bonds is 2. The highest BCUT2D eigenvalue weighted by Crippen LogP contribution is 2.66. The van der Waals surface area contributed by atoms with Crippen molar-refractivity contribution in [2.75, 3.05) is 0 Å². The summed E-state index contributed by atoms with van der Waals surface area (Å²) in [5.74, 6) is 0.0608. The third kappa shape index (κ3) is 4.64. The largest absolute Gasteiger partial charge is 0.537 e. The van der Waals surface area contributed by atoms with Gasteiger partial charge in [0.25, 0.3) is 0 Å². The first kappa shape index (κ1) is 25.7. The second kappa shape index (κ2) is 9.71. The highest BCUT2D eigenvalue weighted by atomic mass is 31.3. The summed E-state index contributed by atoms with van der Waals surface area (Å²) in [6.45, 7) is 0. The van der Waals surface area contributed by atoms with E-state index in [1.807, 2.05) is 121 Å². The number of phosphoric acid groups is 2. The normalized spacial score (nSPS) is 20.1. The van der Waals surface area contributed by atoms with Gasteiger partial charge in [0.2, 0.25) is 0 Å². The maximum atomic E-state index is 13.3. The Balaban J connectivity index is 1.74. The Labute approximate surface area is 235 Å². The van der Waals surface area contributed by atoms with Gasteiger partial charge in [0.05, 0.1) is 0 Å².